The standard InChI is InChI=1S/C14H17N5O2.ClH/c1-9-16-13(19-18-9)10-2-4-11(5-3-10)17-14(20)12-8-15-6-7-21-12;/h2-5,12,15H,6-8H2,1H3,(H,17,20)(H,16,18,19);1H. The number of ether oxygens (including phenoxy) is 1. The highest BCUT2D eigenvalue weighted by Gasteiger charge is 2.21. The average Bonchev–Trinajstić information content (AvgIpc) is 2.95. The molecule has 1 saturated heterocycles. The van der Waals surface area contributed by atoms with Crippen LogP contribution in [0.5, 0.6) is 0 Å². The first kappa shape index (κ1) is 16.4. The second-order valence-electron chi connectivity index (χ2n) is 4.87. The van der Waals surface area contributed by atoms with E-state index in [2.05, 4.69) is 25.8 Å². The molecule has 8 heteroatoms. The molecule has 2 heterocycles. The third-order valence-electron chi connectivity index (χ3n) is 3.23. The van der Waals surface area contributed by atoms with Crippen molar-refractivity contribution in [1.29, 1.82) is 0 Å². The lowest BCUT2D eigenvalue weighted by molar-refractivity contribution is -0.128. The van der Waals surface area contributed by atoms with Crippen LogP contribution in [0.4, 0.5) is 5.69 Å². The molecule has 1 atom stereocenters. The summed E-state index contributed by atoms with van der Waals surface area (Å²) in [6.07, 6.45) is -0.436. The van der Waals surface area contributed by atoms with Gasteiger partial charge in [-0.1, -0.05) is 0 Å². The lowest BCUT2D eigenvalue weighted by Crippen LogP contribution is -2.45. The summed E-state index contributed by atoms with van der Waals surface area (Å²) in [7, 11) is 0. The molecular formula is C14H18ClN5O2. The van der Waals surface area contributed by atoms with Crippen LogP contribution in [0.1, 0.15) is 5.82 Å². The van der Waals surface area contributed by atoms with Crippen molar-refractivity contribution in [2.45, 2.75) is 13.0 Å². The van der Waals surface area contributed by atoms with E-state index in [1.165, 1.54) is 0 Å². The predicted octanol–water partition coefficient (Wildman–Crippen LogP) is 1.13. The number of hydrogen-bond donors (Lipinski definition) is 3. The monoisotopic (exact) mass is 323 g/mol. The number of aryl methyl sites for hydroxylation is 1. The summed E-state index contributed by atoms with van der Waals surface area (Å²) in [5.74, 6) is 1.28. The third-order valence-corrected chi connectivity index (χ3v) is 3.23. The minimum absolute atomic E-state index is 0. The summed E-state index contributed by atoms with van der Waals surface area (Å²) in [4.78, 5) is 16.3. The van der Waals surface area contributed by atoms with Gasteiger partial charge in [0.25, 0.3) is 5.91 Å². The molecule has 3 N–H and O–H groups in total. The van der Waals surface area contributed by atoms with E-state index in [0.29, 0.717) is 19.0 Å². The number of amides is 1. The van der Waals surface area contributed by atoms with Gasteiger partial charge in [0.15, 0.2) is 5.82 Å². The highest BCUT2D eigenvalue weighted by Crippen LogP contribution is 2.18. The topological polar surface area (TPSA) is 91.9 Å². The van der Waals surface area contributed by atoms with Crippen LogP contribution in [0, 0.1) is 6.92 Å². The van der Waals surface area contributed by atoms with Crippen LogP contribution < -0.4 is 10.6 Å². The van der Waals surface area contributed by atoms with Crippen LogP contribution in [0.25, 0.3) is 11.4 Å². The zero-order valence-electron chi connectivity index (χ0n) is 12.1. The second kappa shape index (κ2) is 7.35. The van der Waals surface area contributed by atoms with Crippen LogP contribution in [0.3, 0.4) is 0 Å². The minimum atomic E-state index is -0.436. The largest absolute Gasteiger partial charge is 0.366 e. The Morgan fingerprint density at radius 1 is 1.36 bits per heavy atom. The van der Waals surface area contributed by atoms with E-state index < -0.39 is 6.10 Å². The zero-order chi connectivity index (χ0) is 14.7. The fourth-order valence-corrected chi connectivity index (χ4v) is 2.13. The van der Waals surface area contributed by atoms with Crippen LogP contribution in [-0.4, -0.2) is 46.9 Å². The van der Waals surface area contributed by atoms with Gasteiger partial charge in [0, 0.05) is 24.3 Å². The van der Waals surface area contributed by atoms with Gasteiger partial charge >= 0.3 is 0 Å². The molecule has 0 spiro atoms. The number of carbonyl (C=O) groups excluding carboxylic acids is 1. The fourth-order valence-electron chi connectivity index (χ4n) is 2.13. The SMILES string of the molecule is Cc1nc(-c2ccc(NC(=O)C3CNCCO3)cc2)n[nH]1.Cl. The van der Waals surface area contributed by atoms with Gasteiger partial charge in [-0.25, -0.2) is 4.98 Å². The number of rotatable bonds is 3. The molecule has 2 aromatic rings. The molecule has 118 valence electrons. The molecule has 22 heavy (non-hydrogen) atoms. The van der Waals surface area contributed by atoms with Crippen molar-refractivity contribution < 1.29 is 9.53 Å². The number of nitrogens with one attached hydrogen (secondary N) is 3. The van der Waals surface area contributed by atoms with Gasteiger partial charge in [0.05, 0.1) is 6.61 Å². The smallest absolute Gasteiger partial charge is 0.254 e. The molecule has 0 radical (unpaired) electrons. The molecular weight excluding hydrogens is 306 g/mol. The van der Waals surface area contributed by atoms with Crippen molar-refractivity contribution in [1.82, 2.24) is 20.5 Å². The Morgan fingerprint density at radius 3 is 2.73 bits per heavy atom. The summed E-state index contributed by atoms with van der Waals surface area (Å²) in [6.45, 7) is 3.74. The van der Waals surface area contributed by atoms with Gasteiger partial charge in [-0.3, -0.25) is 9.89 Å². The Hall–Kier alpha value is -1.96. The number of hydrogen-bond acceptors (Lipinski definition) is 5. The number of nitrogens with zero attached hydrogens (tertiary/aromatic N) is 2. The Kier molecular flexibility index (Phi) is 5.48. The van der Waals surface area contributed by atoms with Crippen molar-refractivity contribution in [3.05, 3.63) is 30.1 Å². The molecule has 1 unspecified atom stereocenters. The molecule has 1 aromatic carbocycles. The van der Waals surface area contributed by atoms with Crippen LogP contribution >= 0.6 is 12.4 Å². The number of morpholine rings is 1. The van der Waals surface area contributed by atoms with Gasteiger partial charge < -0.3 is 15.4 Å². The molecule has 3 rings (SSSR count). The maximum atomic E-state index is 12.0. The lowest BCUT2D eigenvalue weighted by atomic mass is 10.2. The quantitative estimate of drug-likeness (QED) is 0.787. The Bertz CT molecular complexity index is 622. The van der Waals surface area contributed by atoms with Crippen LogP contribution in [0.15, 0.2) is 24.3 Å². The van der Waals surface area contributed by atoms with E-state index in [-0.39, 0.29) is 18.3 Å². The summed E-state index contributed by atoms with van der Waals surface area (Å²) < 4.78 is 5.41. The normalized spacial score (nSPS) is 17.6. The van der Waals surface area contributed by atoms with Gasteiger partial charge in [-0.05, 0) is 31.2 Å². The van der Waals surface area contributed by atoms with E-state index in [1.807, 2.05) is 31.2 Å². The molecule has 7 nitrogen and oxygen atoms in total. The van der Waals surface area contributed by atoms with Gasteiger partial charge in [-0.2, -0.15) is 5.10 Å². The number of aromatic nitrogens is 3. The van der Waals surface area contributed by atoms with E-state index in [4.69, 9.17) is 4.74 Å². The molecule has 0 aliphatic carbocycles. The number of halogens is 1. The van der Waals surface area contributed by atoms with Crippen molar-refractivity contribution in [3.8, 4) is 11.4 Å². The summed E-state index contributed by atoms with van der Waals surface area (Å²) in [5, 5.41) is 12.9. The maximum Gasteiger partial charge on any atom is 0.254 e. The molecule has 0 bridgehead atoms. The predicted molar refractivity (Wildman–Crippen MR) is 85.0 cm³/mol. The summed E-state index contributed by atoms with van der Waals surface area (Å²) in [6, 6.07) is 7.40. The number of benzene rings is 1. The molecule has 1 aromatic heterocycles. The van der Waals surface area contributed by atoms with E-state index >= 15 is 0 Å². The van der Waals surface area contributed by atoms with Gasteiger partial charge in [-0.15, -0.1) is 12.4 Å². The molecule has 1 aliphatic rings. The summed E-state index contributed by atoms with van der Waals surface area (Å²) in [5.41, 5.74) is 1.62. The molecule has 1 amide bonds. The first-order valence-electron chi connectivity index (χ1n) is 6.85. The third kappa shape index (κ3) is 3.82. The Morgan fingerprint density at radius 2 is 2.14 bits per heavy atom. The lowest BCUT2D eigenvalue weighted by Gasteiger charge is -2.22. The zero-order valence-corrected chi connectivity index (χ0v) is 12.9. The van der Waals surface area contributed by atoms with Crippen LogP contribution in [-0.2, 0) is 9.53 Å². The van der Waals surface area contributed by atoms with Gasteiger partial charge in [0.2, 0.25) is 0 Å². The van der Waals surface area contributed by atoms with E-state index in [0.717, 1.165) is 23.6 Å². The Balaban J connectivity index is 0.00000176. The highest BCUT2D eigenvalue weighted by atomic mass is 35.5. The highest BCUT2D eigenvalue weighted by molar-refractivity contribution is 5.94. The maximum absolute atomic E-state index is 12.0. The first-order valence-corrected chi connectivity index (χ1v) is 6.85. The van der Waals surface area contributed by atoms with Crippen molar-refractivity contribution in [2.24, 2.45) is 0 Å². The van der Waals surface area contributed by atoms with E-state index in [9.17, 15) is 4.79 Å². The van der Waals surface area contributed by atoms with Crippen molar-refractivity contribution in [2.75, 3.05) is 25.0 Å². The minimum Gasteiger partial charge on any atom is -0.366 e. The number of H-pyrrole nitrogens is 1. The molecule has 0 saturated carbocycles. The summed E-state index contributed by atoms with van der Waals surface area (Å²) >= 11 is 0. The fraction of sp³-hybridized carbons (Fsp3) is 0.357. The molecule has 1 aliphatic heterocycles. The Labute approximate surface area is 134 Å². The number of carbonyl (C=O) groups is 1. The second-order valence-corrected chi connectivity index (χ2v) is 4.87. The number of aromatic amines is 1. The molecule has 1 fully saturated rings. The van der Waals surface area contributed by atoms with Gasteiger partial charge in [0.1, 0.15) is 11.9 Å². The first-order chi connectivity index (χ1) is 10.2. The average molecular weight is 324 g/mol. The van der Waals surface area contributed by atoms with E-state index in [1.54, 1.807) is 0 Å². The number of anilines is 1. The van der Waals surface area contributed by atoms with Crippen molar-refractivity contribution in [3.63, 3.8) is 0 Å². The van der Waals surface area contributed by atoms with Crippen molar-refractivity contribution >= 4 is 24.0 Å². The van der Waals surface area contributed by atoms with Crippen LogP contribution in [0.2, 0.25) is 0 Å².